The molecule has 5 nitrogen and oxygen atoms in total. The summed E-state index contributed by atoms with van der Waals surface area (Å²) in [6.45, 7) is 1.49. The van der Waals surface area contributed by atoms with E-state index in [0.717, 1.165) is 5.39 Å². The highest BCUT2D eigenvalue weighted by atomic mass is 16.1. The lowest BCUT2D eigenvalue weighted by Gasteiger charge is -2.07. The molecule has 3 N–H and O–H groups in total. The second kappa shape index (κ2) is 6.50. The first-order valence-electron chi connectivity index (χ1n) is 7.58. The Morgan fingerprint density at radius 1 is 1.08 bits per heavy atom. The van der Waals surface area contributed by atoms with Crippen LogP contribution >= 0.6 is 0 Å². The predicted molar refractivity (Wildman–Crippen MR) is 94.9 cm³/mol. The molecule has 0 saturated carbocycles. The second-order valence-electron chi connectivity index (χ2n) is 5.58. The number of amides is 1. The van der Waals surface area contributed by atoms with Crippen molar-refractivity contribution in [3.63, 3.8) is 0 Å². The van der Waals surface area contributed by atoms with Crippen LogP contribution in [0.1, 0.15) is 23.0 Å². The molecule has 1 aromatic heterocycles. The summed E-state index contributed by atoms with van der Waals surface area (Å²) in [5, 5.41) is 3.72. The maximum Gasteiger partial charge on any atom is 0.230 e. The molecule has 0 radical (unpaired) electrons. The van der Waals surface area contributed by atoms with Crippen molar-refractivity contribution >= 4 is 34.0 Å². The van der Waals surface area contributed by atoms with Crippen LogP contribution in [0.3, 0.4) is 0 Å². The van der Waals surface area contributed by atoms with E-state index in [1.54, 1.807) is 30.3 Å². The first kappa shape index (κ1) is 15.7. The summed E-state index contributed by atoms with van der Waals surface area (Å²) in [6, 6.07) is 16.1. The minimum absolute atomic E-state index is 0.0437. The molecule has 0 aliphatic rings. The fraction of sp³-hybridized carbons (Fsp3) is 0.105. The number of carbonyl (C=O) groups excluding carboxylic acids is 2. The minimum atomic E-state index is -0.197. The average molecular weight is 319 g/mol. The van der Waals surface area contributed by atoms with Crippen molar-refractivity contribution < 1.29 is 9.59 Å². The highest BCUT2D eigenvalue weighted by Gasteiger charge is 2.08. The molecule has 0 fully saturated rings. The van der Waals surface area contributed by atoms with E-state index in [1.807, 2.05) is 24.3 Å². The van der Waals surface area contributed by atoms with E-state index in [4.69, 9.17) is 5.73 Å². The molecule has 0 bridgehead atoms. The number of rotatable bonds is 4. The van der Waals surface area contributed by atoms with Crippen LogP contribution in [0.5, 0.6) is 0 Å². The SMILES string of the molecule is CC(=O)c1cccc(NC(=O)Cc2ccc3cccc(N)c3n2)c1. The van der Waals surface area contributed by atoms with Crippen LogP contribution in [0.25, 0.3) is 10.9 Å². The molecule has 5 heteroatoms. The fourth-order valence-electron chi connectivity index (χ4n) is 2.49. The summed E-state index contributed by atoms with van der Waals surface area (Å²) in [4.78, 5) is 28.1. The molecule has 120 valence electrons. The molecule has 3 rings (SSSR count). The number of fused-ring (bicyclic) bond motifs is 1. The zero-order valence-electron chi connectivity index (χ0n) is 13.2. The van der Waals surface area contributed by atoms with Gasteiger partial charge in [0.25, 0.3) is 0 Å². The highest BCUT2D eigenvalue weighted by Crippen LogP contribution is 2.19. The third-order valence-corrected chi connectivity index (χ3v) is 3.70. The third-order valence-electron chi connectivity index (χ3n) is 3.70. The molecule has 1 amide bonds. The Hall–Kier alpha value is -3.21. The quantitative estimate of drug-likeness (QED) is 0.571. The lowest BCUT2D eigenvalue weighted by atomic mass is 10.1. The number of aromatic nitrogens is 1. The number of pyridine rings is 1. The Morgan fingerprint density at radius 3 is 2.67 bits per heavy atom. The second-order valence-corrected chi connectivity index (χ2v) is 5.58. The average Bonchev–Trinajstić information content (AvgIpc) is 2.56. The van der Waals surface area contributed by atoms with E-state index < -0.39 is 0 Å². The topological polar surface area (TPSA) is 85.1 Å². The van der Waals surface area contributed by atoms with E-state index in [-0.39, 0.29) is 18.1 Å². The smallest absolute Gasteiger partial charge is 0.230 e. The number of nitrogens with two attached hydrogens (primary N) is 1. The van der Waals surface area contributed by atoms with Gasteiger partial charge in [-0.3, -0.25) is 14.6 Å². The standard InChI is InChI=1S/C19H17N3O2/c1-12(23)14-5-2-6-15(10-14)21-18(24)11-16-9-8-13-4-3-7-17(20)19(13)22-16/h2-10H,11,20H2,1H3,(H,21,24). The molecule has 0 aliphatic heterocycles. The Morgan fingerprint density at radius 2 is 1.88 bits per heavy atom. The molecule has 0 aliphatic carbocycles. The molecule has 1 heterocycles. The highest BCUT2D eigenvalue weighted by molar-refractivity contribution is 5.97. The maximum atomic E-state index is 12.2. The zero-order valence-corrected chi connectivity index (χ0v) is 13.2. The molecule has 0 saturated heterocycles. The van der Waals surface area contributed by atoms with Gasteiger partial charge in [-0.25, -0.2) is 0 Å². The van der Waals surface area contributed by atoms with E-state index in [2.05, 4.69) is 10.3 Å². The number of anilines is 2. The number of carbonyl (C=O) groups is 2. The lowest BCUT2D eigenvalue weighted by molar-refractivity contribution is -0.115. The molecular weight excluding hydrogens is 302 g/mol. The van der Waals surface area contributed by atoms with Gasteiger partial charge in [-0.05, 0) is 31.2 Å². The van der Waals surface area contributed by atoms with Crippen LogP contribution < -0.4 is 11.1 Å². The first-order valence-corrected chi connectivity index (χ1v) is 7.58. The predicted octanol–water partition coefficient (Wildman–Crippen LogP) is 3.20. The third kappa shape index (κ3) is 3.41. The first-order chi connectivity index (χ1) is 11.5. The Bertz CT molecular complexity index is 935. The zero-order chi connectivity index (χ0) is 17.1. The number of Topliss-reactive ketones (excluding diaryl/α,β-unsaturated/α-hetero) is 1. The number of hydrogen-bond donors (Lipinski definition) is 2. The largest absolute Gasteiger partial charge is 0.397 e. The number of para-hydroxylation sites is 1. The van der Waals surface area contributed by atoms with Gasteiger partial charge in [0, 0.05) is 16.6 Å². The number of nitrogens with one attached hydrogen (secondary N) is 1. The monoisotopic (exact) mass is 319 g/mol. The molecule has 3 aromatic rings. The number of nitrogens with zero attached hydrogens (tertiary/aromatic N) is 1. The van der Waals surface area contributed by atoms with Gasteiger partial charge < -0.3 is 11.1 Å². The summed E-state index contributed by atoms with van der Waals surface area (Å²) in [5.41, 5.74) is 9.00. The van der Waals surface area contributed by atoms with Crippen LogP contribution in [0.2, 0.25) is 0 Å². The van der Waals surface area contributed by atoms with Crippen molar-refractivity contribution in [2.75, 3.05) is 11.1 Å². The van der Waals surface area contributed by atoms with Gasteiger partial charge in [-0.15, -0.1) is 0 Å². The summed E-state index contributed by atoms with van der Waals surface area (Å²) >= 11 is 0. The van der Waals surface area contributed by atoms with Gasteiger partial charge in [-0.1, -0.05) is 30.3 Å². The van der Waals surface area contributed by atoms with Crippen LogP contribution in [-0.4, -0.2) is 16.7 Å². The summed E-state index contributed by atoms with van der Waals surface area (Å²) < 4.78 is 0. The van der Waals surface area contributed by atoms with Gasteiger partial charge >= 0.3 is 0 Å². The Kier molecular flexibility index (Phi) is 4.24. The summed E-state index contributed by atoms with van der Waals surface area (Å²) in [7, 11) is 0. The Labute approximate surface area is 139 Å². The van der Waals surface area contributed by atoms with Crippen molar-refractivity contribution in [3.05, 3.63) is 65.9 Å². The molecular formula is C19H17N3O2. The van der Waals surface area contributed by atoms with E-state index >= 15 is 0 Å². The summed E-state index contributed by atoms with van der Waals surface area (Å²) in [5.74, 6) is -0.241. The maximum absolute atomic E-state index is 12.2. The van der Waals surface area contributed by atoms with Crippen LogP contribution in [0, 0.1) is 0 Å². The van der Waals surface area contributed by atoms with Crippen LogP contribution in [0.15, 0.2) is 54.6 Å². The van der Waals surface area contributed by atoms with Crippen LogP contribution in [0.4, 0.5) is 11.4 Å². The van der Waals surface area contributed by atoms with E-state index in [0.29, 0.717) is 28.1 Å². The molecule has 24 heavy (non-hydrogen) atoms. The number of hydrogen-bond acceptors (Lipinski definition) is 4. The van der Waals surface area contributed by atoms with Crippen LogP contribution in [-0.2, 0) is 11.2 Å². The fourth-order valence-corrected chi connectivity index (χ4v) is 2.49. The van der Waals surface area contributed by atoms with Crippen molar-refractivity contribution in [1.29, 1.82) is 0 Å². The molecule has 2 aromatic carbocycles. The van der Waals surface area contributed by atoms with Gasteiger partial charge in [-0.2, -0.15) is 0 Å². The van der Waals surface area contributed by atoms with E-state index in [1.165, 1.54) is 6.92 Å². The van der Waals surface area contributed by atoms with Gasteiger partial charge in [0.05, 0.1) is 23.3 Å². The Balaban J connectivity index is 1.76. The van der Waals surface area contributed by atoms with Gasteiger partial charge in [0.1, 0.15) is 0 Å². The van der Waals surface area contributed by atoms with Crippen molar-refractivity contribution in [3.8, 4) is 0 Å². The van der Waals surface area contributed by atoms with Crippen molar-refractivity contribution in [2.24, 2.45) is 0 Å². The molecule has 0 spiro atoms. The normalized spacial score (nSPS) is 10.5. The van der Waals surface area contributed by atoms with E-state index in [9.17, 15) is 9.59 Å². The van der Waals surface area contributed by atoms with Crippen molar-refractivity contribution in [2.45, 2.75) is 13.3 Å². The summed E-state index contributed by atoms with van der Waals surface area (Å²) in [6.07, 6.45) is 0.134. The molecule has 0 atom stereocenters. The molecule has 0 unspecified atom stereocenters. The number of benzene rings is 2. The number of ketones is 1. The minimum Gasteiger partial charge on any atom is -0.397 e. The number of nitrogen functional groups attached to an aromatic ring is 1. The lowest BCUT2D eigenvalue weighted by Crippen LogP contribution is -2.15. The van der Waals surface area contributed by atoms with Crippen molar-refractivity contribution in [1.82, 2.24) is 4.98 Å². The van der Waals surface area contributed by atoms with Gasteiger partial charge in [0.15, 0.2) is 5.78 Å². The van der Waals surface area contributed by atoms with Gasteiger partial charge in [0.2, 0.25) is 5.91 Å².